The van der Waals surface area contributed by atoms with Crippen molar-refractivity contribution in [2.24, 2.45) is 0 Å². The Hall–Kier alpha value is -2.59. The average molecular weight is 374 g/mol. The van der Waals surface area contributed by atoms with Crippen molar-refractivity contribution in [3.63, 3.8) is 0 Å². The van der Waals surface area contributed by atoms with E-state index in [4.69, 9.17) is 26.9 Å². The lowest BCUT2D eigenvalue weighted by Crippen LogP contribution is -2.07. The minimum Gasteiger partial charge on any atom is -0.489 e. The van der Waals surface area contributed by atoms with Gasteiger partial charge in [-0.15, -0.1) is 0 Å². The number of ether oxygens (including phenoxy) is 1. The summed E-state index contributed by atoms with van der Waals surface area (Å²) in [4.78, 5) is 9.97. The molecular weight excluding hydrogens is 350 g/mol. The molecule has 0 amide bonds. The topological polar surface area (TPSA) is 70.4 Å². The number of aryl methyl sites for hydroxylation is 1. The predicted octanol–water partition coefficient (Wildman–Crippen LogP) is 5.54. The molecule has 0 atom stereocenters. The van der Waals surface area contributed by atoms with Crippen LogP contribution in [0.3, 0.4) is 0 Å². The molecule has 138 valence electrons. The molecule has 26 heavy (non-hydrogen) atoms. The molecule has 0 fully saturated rings. The van der Waals surface area contributed by atoms with Crippen molar-refractivity contribution in [1.29, 1.82) is 5.41 Å². The Kier molecular flexibility index (Phi) is 9.17. The first-order valence-electron chi connectivity index (χ1n) is 8.25. The van der Waals surface area contributed by atoms with Gasteiger partial charge in [0, 0.05) is 5.02 Å². The quantitative estimate of drug-likeness (QED) is 0.653. The number of carboxylic acids is 1. The zero-order valence-corrected chi connectivity index (χ0v) is 16.0. The van der Waals surface area contributed by atoms with Crippen LogP contribution in [0.25, 0.3) is 0 Å². The maximum atomic E-state index is 9.97. The number of hydrogen-bond acceptors (Lipinski definition) is 3. The van der Waals surface area contributed by atoms with Crippen LogP contribution >= 0.6 is 11.6 Å². The second-order valence-electron chi connectivity index (χ2n) is 5.82. The van der Waals surface area contributed by atoms with Crippen molar-refractivity contribution in [2.75, 3.05) is 0 Å². The lowest BCUT2D eigenvalue weighted by atomic mass is 10.1. The van der Waals surface area contributed by atoms with E-state index in [9.17, 15) is 4.79 Å². The highest BCUT2D eigenvalue weighted by Crippen LogP contribution is 2.24. The minimum absolute atomic E-state index is 0.366. The van der Waals surface area contributed by atoms with Crippen molar-refractivity contribution in [3.8, 4) is 5.75 Å². The highest BCUT2D eigenvalue weighted by Gasteiger charge is 2.03. The van der Waals surface area contributed by atoms with Crippen LogP contribution in [-0.2, 0) is 17.8 Å². The molecule has 0 aromatic heterocycles. The van der Waals surface area contributed by atoms with Gasteiger partial charge in [0.1, 0.15) is 18.1 Å². The normalized spacial score (nSPS) is 9.54. The van der Waals surface area contributed by atoms with Gasteiger partial charge in [-0.1, -0.05) is 54.4 Å². The molecule has 2 rings (SSSR count). The van der Waals surface area contributed by atoms with Crippen molar-refractivity contribution in [2.45, 2.75) is 33.8 Å². The molecule has 2 aromatic carbocycles. The van der Waals surface area contributed by atoms with Crippen molar-refractivity contribution >= 4 is 23.3 Å². The number of nitrogens with one attached hydrogen (secondary N) is 1. The van der Waals surface area contributed by atoms with E-state index < -0.39 is 5.97 Å². The second-order valence-corrected chi connectivity index (χ2v) is 6.26. The number of hydrogen-bond donors (Lipinski definition) is 2. The van der Waals surface area contributed by atoms with Crippen LogP contribution in [0.5, 0.6) is 5.75 Å². The summed E-state index contributed by atoms with van der Waals surface area (Å²) in [5.74, 6) is -0.267. The predicted molar refractivity (Wildman–Crippen MR) is 106 cm³/mol. The highest BCUT2D eigenvalue weighted by atomic mass is 35.5. The van der Waals surface area contributed by atoms with Crippen LogP contribution in [0.15, 0.2) is 60.2 Å². The molecule has 2 N–H and O–H groups in total. The van der Waals surface area contributed by atoms with Crippen LogP contribution in [0.2, 0.25) is 5.02 Å². The van der Waals surface area contributed by atoms with E-state index in [-0.39, 0.29) is 5.71 Å². The molecule has 0 saturated heterocycles. The summed E-state index contributed by atoms with van der Waals surface area (Å²) in [7, 11) is 0. The zero-order chi connectivity index (χ0) is 19.5. The van der Waals surface area contributed by atoms with Gasteiger partial charge < -0.3 is 9.84 Å². The number of aliphatic carboxylic acids is 1. The fourth-order valence-electron chi connectivity index (χ4n) is 2.05. The van der Waals surface area contributed by atoms with Crippen LogP contribution in [-0.4, -0.2) is 16.8 Å². The van der Waals surface area contributed by atoms with Gasteiger partial charge in [-0.25, -0.2) is 4.79 Å². The number of carboxylic acid groups (broad SMARTS) is 1. The fourth-order valence-corrected chi connectivity index (χ4v) is 2.25. The van der Waals surface area contributed by atoms with E-state index in [1.165, 1.54) is 11.6 Å². The van der Waals surface area contributed by atoms with Gasteiger partial charge in [-0.3, -0.25) is 5.41 Å². The second kappa shape index (κ2) is 11.1. The average Bonchev–Trinajstić information content (AvgIpc) is 2.61. The number of rotatable bonds is 6. The maximum absolute atomic E-state index is 9.97. The first-order valence-corrected chi connectivity index (χ1v) is 8.63. The number of benzene rings is 2. The Morgan fingerprint density at radius 1 is 1.19 bits per heavy atom. The summed E-state index contributed by atoms with van der Waals surface area (Å²) >= 11 is 5.96. The smallest absolute Gasteiger partial charge is 0.353 e. The van der Waals surface area contributed by atoms with Gasteiger partial charge >= 0.3 is 5.97 Å². The summed E-state index contributed by atoms with van der Waals surface area (Å²) in [5.41, 5.74) is 2.77. The first kappa shape index (κ1) is 21.5. The Morgan fingerprint density at radius 3 is 2.35 bits per heavy atom. The monoisotopic (exact) mass is 373 g/mol. The van der Waals surface area contributed by atoms with E-state index in [0.29, 0.717) is 6.61 Å². The molecule has 0 aliphatic carbocycles. The lowest BCUT2D eigenvalue weighted by molar-refractivity contribution is -0.129. The Morgan fingerprint density at radius 2 is 1.85 bits per heavy atom. The molecule has 4 nitrogen and oxygen atoms in total. The van der Waals surface area contributed by atoms with Gasteiger partial charge in [0.25, 0.3) is 0 Å². The largest absolute Gasteiger partial charge is 0.489 e. The molecule has 0 bridgehead atoms. The summed E-state index contributed by atoms with van der Waals surface area (Å²) in [6.45, 7) is 6.19. The van der Waals surface area contributed by atoms with Crippen molar-refractivity contribution < 1.29 is 14.6 Å². The standard InChI is InChI=1S/C15H15ClO.C6H9NO2/c1-2-13-10-14(16)8-9-15(13)17-11-12-6-4-3-5-7-12;1-4(2)3-5(7)6(8)9/h3-10H,2,11H2,1H3;3,7H,1-2H3,(H,8,9). The van der Waals surface area contributed by atoms with Crippen molar-refractivity contribution in [3.05, 3.63) is 76.3 Å². The van der Waals surface area contributed by atoms with Gasteiger partial charge in [-0.05, 0) is 55.7 Å². The number of allylic oxidation sites excluding steroid dienone is 1. The maximum Gasteiger partial charge on any atom is 0.353 e. The molecule has 0 radical (unpaired) electrons. The van der Waals surface area contributed by atoms with E-state index in [1.807, 2.05) is 36.4 Å². The SMILES string of the molecule is CC(C)=CC(=N)C(=O)O.CCc1cc(Cl)ccc1OCc1ccccc1. The van der Waals surface area contributed by atoms with Crippen LogP contribution < -0.4 is 4.74 Å². The molecular formula is C21H24ClNO3. The van der Waals surface area contributed by atoms with Gasteiger partial charge in [0.05, 0.1) is 0 Å². The van der Waals surface area contributed by atoms with E-state index >= 15 is 0 Å². The van der Waals surface area contributed by atoms with Crippen LogP contribution in [0.1, 0.15) is 31.9 Å². The highest BCUT2D eigenvalue weighted by molar-refractivity contribution is 6.39. The summed E-state index contributed by atoms with van der Waals surface area (Å²) in [5, 5.41) is 15.7. The van der Waals surface area contributed by atoms with E-state index in [1.54, 1.807) is 13.8 Å². The molecule has 0 heterocycles. The lowest BCUT2D eigenvalue weighted by Gasteiger charge is -2.10. The van der Waals surface area contributed by atoms with Crippen LogP contribution in [0, 0.1) is 5.41 Å². The third-order valence-electron chi connectivity index (χ3n) is 3.30. The Balaban J connectivity index is 0.000000321. The molecule has 0 unspecified atom stereocenters. The molecule has 0 saturated carbocycles. The zero-order valence-electron chi connectivity index (χ0n) is 15.3. The molecule has 0 aliphatic rings. The molecule has 5 heteroatoms. The third-order valence-corrected chi connectivity index (χ3v) is 3.54. The van der Waals surface area contributed by atoms with Gasteiger partial charge in [0.2, 0.25) is 0 Å². The molecule has 0 aliphatic heterocycles. The fraction of sp³-hybridized carbons (Fsp3) is 0.238. The number of halogens is 1. The third kappa shape index (κ3) is 7.99. The van der Waals surface area contributed by atoms with Gasteiger partial charge in [0.15, 0.2) is 0 Å². The first-order chi connectivity index (χ1) is 12.3. The molecule has 0 spiro atoms. The minimum atomic E-state index is -1.18. The molecule has 2 aromatic rings. The Labute approximate surface area is 159 Å². The van der Waals surface area contributed by atoms with Crippen LogP contribution in [0.4, 0.5) is 0 Å². The Bertz CT molecular complexity index is 766. The van der Waals surface area contributed by atoms with E-state index in [0.717, 1.165) is 28.3 Å². The van der Waals surface area contributed by atoms with Crippen molar-refractivity contribution in [1.82, 2.24) is 0 Å². The van der Waals surface area contributed by atoms with Gasteiger partial charge in [-0.2, -0.15) is 0 Å². The van der Waals surface area contributed by atoms with E-state index in [2.05, 4.69) is 19.1 Å². The summed E-state index contributed by atoms with van der Waals surface area (Å²) in [6, 6.07) is 15.9. The number of carbonyl (C=O) groups is 1. The summed E-state index contributed by atoms with van der Waals surface area (Å²) in [6.07, 6.45) is 2.23. The summed E-state index contributed by atoms with van der Waals surface area (Å²) < 4.78 is 5.81.